The van der Waals surface area contributed by atoms with Gasteiger partial charge in [0.2, 0.25) is 0 Å². The zero-order valence-electron chi connectivity index (χ0n) is 9.61. The predicted molar refractivity (Wildman–Crippen MR) is 69.4 cm³/mol. The molecule has 0 aliphatic carbocycles. The highest BCUT2D eigenvalue weighted by Crippen LogP contribution is 2.33. The highest BCUT2D eigenvalue weighted by atomic mass is 16.7. The van der Waals surface area contributed by atoms with E-state index in [4.69, 9.17) is 11.3 Å². The standard InChI is InChI=1S/C15H11NO2/c1-2-15(18-16-17,13-9-5-3-6-10-13)14-11-7-4-8-12-14/h1,3-12H. The summed E-state index contributed by atoms with van der Waals surface area (Å²) in [5.74, 6) is 2.53. The molecule has 0 aliphatic rings. The summed E-state index contributed by atoms with van der Waals surface area (Å²) in [6.07, 6.45) is 5.58. The van der Waals surface area contributed by atoms with E-state index in [2.05, 4.69) is 11.3 Å². The Morgan fingerprint density at radius 1 is 0.944 bits per heavy atom. The smallest absolute Gasteiger partial charge is 0.250 e. The van der Waals surface area contributed by atoms with Crippen LogP contribution in [0.25, 0.3) is 0 Å². The van der Waals surface area contributed by atoms with Crippen molar-refractivity contribution < 1.29 is 4.84 Å². The molecule has 0 bridgehead atoms. The maximum Gasteiger partial charge on any atom is 0.250 e. The Kier molecular flexibility index (Phi) is 3.40. The summed E-state index contributed by atoms with van der Waals surface area (Å²) in [6.45, 7) is 0. The Bertz CT molecular complexity index is 519. The molecule has 2 aromatic carbocycles. The van der Waals surface area contributed by atoms with Crippen LogP contribution in [0.2, 0.25) is 0 Å². The van der Waals surface area contributed by atoms with E-state index in [1.165, 1.54) is 0 Å². The van der Waals surface area contributed by atoms with Gasteiger partial charge < -0.3 is 4.84 Å². The molecule has 3 nitrogen and oxygen atoms in total. The van der Waals surface area contributed by atoms with Crippen LogP contribution < -0.4 is 0 Å². The summed E-state index contributed by atoms with van der Waals surface area (Å²) in [4.78, 5) is 15.5. The average molecular weight is 237 g/mol. The first-order valence-corrected chi connectivity index (χ1v) is 5.43. The lowest BCUT2D eigenvalue weighted by Gasteiger charge is -2.25. The molecule has 0 N–H and O–H groups in total. The molecule has 0 radical (unpaired) electrons. The van der Waals surface area contributed by atoms with Crippen LogP contribution in [-0.4, -0.2) is 0 Å². The van der Waals surface area contributed by atoms with Gasteiger partial charge in [-0.2, -0.15) is 0 Å². The average Bonchev–Trinajstić information content (AvgIpc) is 2.47. The van der Waals surface area contributed by atoms with Crippen LogP contribution in [0.5, 0.6) is 0 Å². The molecule has 0 saturated carbocycles. The minimum atomic E-state index is -1.27. The monoisotopic (exact) mass is 237 g/mol. The lowest BCUT2D eigenvalue weighted by atomic mass is 9.87. The fraction of sp³-hybridized carbons (Fsp3) is 0.0667. The molecule has 2 rings (SSSR count). The lowest BCUT2D eigenvalue weighted by Crippen LogP contribution is -2.27. The van der Waals surface area contributed by atoms with Crippen LogP contribution in [-0.2, 0) is 10.4 Å². The normalized spacial score (nSPS) is 10.4. The minimum absolute atomic E-state index is 0.693. The van der Waals surface area contributed by atoms with Gasteiger partial charge in [-0.1, -0.05) is 60.7 Å². The zero-order chi connectivity index (χ0) is 12.8. The summed E-state index contributed by atoms with van der Waals surface area (Å²) < 4.78 is 0. The van der Waals surface area contributed by atoms with E-state index in [9.17, 15) is 4.91 Å². The van der Waals surface area contributed by atoms with E-state index in [0.29, 0.717) is 11.1 Å². The highest BCUT2D eigenvalue weighted by Gasteiger charge is 2.35. The summed E-state index contributed by atoms with van der Waals surface area (Å²) in [7, 11) is 0. The first-order chi connectivity index (χ1) is 8.83. The van der Waals surface area contributed by atoms with E-state index in [1.54, 1.807) is 24.3 Å². The predicted octanol–water partition coefficient (Wildman–Crippen LogP) is 3.26. The van der Waals surface area contributed by atoms with E-state index >= 15 is 0 Å². The summed E-state index contributed by atoms with van der Waals surface area (Å²) >= 11 is 0. The molecule has 0 fully saturated rings. The van der Waals surface area contributed by atoms with Crippen LogP contribution in [0, 0.1) is 17.3 Å². The van der Waals surface area contributed by atoms with Gasteiger partial charge in [-0.25, -0.2) is 0 Å². The van der Waals surface area contributed by atoms with Gasteiger partial charge in [0.1, 0.15) is 0 Å². The molecule has 0 aromatic heterocycles. The van der Waals surface area contributed by atoms with Crippen molar-refractivity contribution in [2.24, 2.45) is 5.34 Å². The third-order valence-electron chi connectivity index (χ3n) is 2.74. The number of rotatable bonds is 4. The molecule has 0 heterocycles. The molecule has 0 aliphatic heterocycles. The van der Waals surface area contributed by atoms with Gasteiger partial charge in [-0.3, -0.25) is 0 Å². The topological polar surface area (TPSA) is 38.7 Å². The molecule has 0 saturated heterocycles. The molecule has 18 heavy (non-hydrogen) atoms. The molecule has 3 heteroatoms. The van der Waals surface area contributed by atoms with Crippen LogP contribution in [0.4, 0.5) is 0 Å². The third-order valence-corrected chi connectivity index (χ3v) is 2.74. The SMILES string of the molecule is C#CC(ON=O)(c1ccccc1)c1ccccc1. The number of benzene rings is 2. The van der Waals surface area contributed by atoms with Gasteiger partial charge in [-0.05, 0) is 5.92 Å². The second kappa shape index (κ2) is 5.15. The lowest BCUT2D eigenvalue weighted by molar-refractivity contribution is 0.0277. The Hall–Kier alpha value is -2.60. The van der Waals surface area contributed by atoms with Crippen molar-refractivity contribution in [3.63, 3.8) is 0 Å². The van der Waals surface area contributed by atoms with E-state index in [1.807, 2.05) is 36.4 Å². The Morgan fingerprint density at radius 3 is 1.72 bits per heavy atom. The molecular weight excluding hydrogens is 226 g/mol. The molecule has 88 valence electrons. The Labute approximate surface area is 105 Å². The summed E-state index contributed by atoms with van der Waals surface area (Å²) in [5, 5.41) is 2.54. The third kappa shape index (κ3) is 1.96. The highest BCUT2D eigenvalue weighted by molar-refractivity contribution is 5.43. The molecule has 0 spiro atoms. The van der Waals surface area contributed by atoms with Crippen LogP contribution in [0.3, 0.4) is 0 Å². The van der Waals surface area contributed by atoms with Gasteiger partial charge in [0.15, 0.2) is 5.34 Å². The van der Waals surface area contributed by atoms with Crippen molar-refractivity contribution in [1.29, 1.82) is 0 Å². The van der Waals surface area contributed by atoms with Crippen molar-refractivity contribution in [2.75, 3.05) is 0 Å². The second-order valence-corrected chi connectivity index (χ2v) is 3.72. The summed E-state index contributed by atoms with van der Waals surface area (Å²) in [6, 6.07) is 18.3. The van der Waals surface area contributed by atoms with Crippen LogP contribution in [0.1, 0.15) is 11.1 Å². The van der Waals surface area contributed by atoms with Gasteiger partial charge in [0.05, 0.1) is 0 Å². The fourth-order valence-corrected chi connectivity index (χ4v) is 1.87. The molecule has 0 unspecified atom stereocenters. The first kappa shape index (κ1) is 11.9. The largest absolute Gasteiger partial charge is 0.334 e. The molecular formula is C15H11NO2. The van der Waals surface area contributed by atoms with Gasteiger partial charge in [-0.15, -0.1) is 11.3 Å². The Morgan fingerprint density at radius 2 is 1.39 bits per heavy atom. The maximum atomic E-state index is 10.6. The maximum absolute atomic E-state index is 10.6. The van der Waals surface area contributed by atoms with E-state index in [-0.39, 0.29) is 0 Å². The van der Waals surface area contributed by atoms with Crippen molar-refractivity contribution in [2.45, 2.75) is 5.60 Å². The molecule has 2 aromatic rings. The van der Waals surface area contributed by atoms with Gasteiger partial charge in [0.25, 0.3) is 5.60 Å². The van der Waals surface area contributed by atoms with Crippen molar-refractivity contribution >= 4 is 0 Å². The number of hydrogen-bond donors (Lipinski definition) is 0. The minimum Gasteiger partial charge on any atom is -0.334 e. The number of terminal acetylenes is 1. The second-order valence-electron chi connectivity index (χ2n) is 3.72. The number of nitrogens with zero attached hydrogens (tertiary/aromatic N) is 1. The fourth-order valence-electron chi connectivity index (χ4n) is 1.87. The van der Waals surface area contributed by atoms with Crippen LogP contribution >= 0.6 is 0 Å². The van der Waals surface area contributed by atoms with Crippen molar-refractivity contribution in [1.82, 2.24) is 0 Å². The van der Waals surface area contributed by atoms with Crippen molar-refractivity contribution in [3.05, 3.63) is 76.7 Å². The van der Waals surface area contributed by atoms with Gasteiger partial charge >= 0.3 is 0 Å². The van der Waals surface area contributed by atoms with Gasteiger partial charge in [0, 0.05) is 11.1 Å². The van der Waals surface area contributed by atoms with E-state index < -0.39 is 5.60 Å². The molecule has 0 amide bonds. The molecule has 0 atom stereocenters. The number of hydrogen-bond acceptors (Lipinski definition) is 3. The van der Waals surface area contributed by atoms with Crippen molar-refractivity contribution in [3.8, 4) is 12.3 Å². The zero-order valence-corrected chi connectivity index (χ0v) is 9.61. The quantitative estimate of drug-likeness (QED) is 0.465. The van der Waals surface area contributed by atoms with E-state index in [0.717, 1.165) is 0 Å². The van der Waals surface area contributed by atoms with Crippen LogP contribution in [0.15, 0.2) is 66.0 Å². The first-order valence-electron chi connectivity index (χ1n) is 5.43. The Balaban J connectivity index is 2.62. The summed E-state index contributed by atoms with van der Waals surface area (Å²) in [5.41, 5.74) is 0.112.